The van der Waals surface area contributed by atoms with E-state index in [1.807, 2.05) is 48.5 Å². The van der Waals surface area contributed by atoms with E-state index >= 15 is 0 Å². The molecule has 0 spiro atoms. The average Bonchev–Trinajstić information content (AvgIpc) is 3.27. The van der Waals surface area contributed by atoms with Crippen molar-refractivity contribution in [2.24, 2.45) is 5.92 Å². The van der Waals surface area contributed by atoms with Crippen LogP contribution in [0.4, 0.5) is 10.8 Å². The van der Waals surface area contributed by atoms with Crippen LogP contribution >= 0.6 is 11.3 Å². The molecule has 1 atom stereocenters. The van der Waals surface area contributed by atoms with Crippen LogP contribution in [-0.2, 0) is 11.3 Å². The molecule has 3 heterocycles. The number of rotatable bonds is 6. The monoisotopic (exact) mass is 421 g/mol. The smallest absolute Gasteiger partial charge is 0.273 e. The molecule has 7 nitrogen and oxygen atoms in total. The number of thiazole rings is 1. The molecule has 0 unspecified atom stereocenters. The molecule has 2 N–H and O–H groups in total. The summed E-state index contributed by atoms with van der Waals surface area (Å²) in [4.78, 5) is 35.9. The Kier molecular flexibility index (Phi) is 6.34. The molecule has 2 aromatic heterocycles. The van der Waals surface area contributed by atoms with Crippen molar-refractivity contribution in [3.8, 4) is 0 Å². The fourth-order valence-corrected chi connectivity index (χ4v) is 4.14. The zero-order valence-corrected chi connectivity index (χ0v) is 17.3. The SMILES string of the molecule is O=C(NCc1ccccn1)[C@H]1CCCN(C(=O)c2csc(Nc3ccccc3)n2)C1. The lowest BCUT2D eigenvalue weighted by Gasteiger charge is -2.31. The first-order valence-electron chi connectivity index (χ1n) is 9.93. The fraction of sp³-hybridized carbons (Fsp3) is 0.273. The van der Waals surface area contributed by atoms with Gasteiger partial charge in [-0.25, -0.2) is 4.98 Å². The number of carbonyl (C=O) groups excluding carboxylic acids is 2. The van der Waals surface area contributed by atoms with Gasteiger partial charge in [0.2, 0.25) is 5.91 Å². The maximum absolute atomic E-state index is 12.9. The largest absolute Gasteiger partial charge is 0.350 e. The van der Waals surface area contributed by atoms with E-state index < -0.39 is 0 Å². The molecule has 154 valence electrons. The predicted molar refractivity (Wildman–Crippen MR) is 117 cm³/mol. The lowest BCUT2D eigenvalue weighted by molar-refractivity contribution is -0.126. The van der Waals surface area contributed by atoms with Gasteiger partial charge in [-0.1, -0.05) is 24.3 Å². The van der Waals surface area contributed by atoms with Gasteiger partial charge in [-0.3, -0.25) is 14.6 Å². The van der Waals surface area contributed by atoms with E-state index in [1.54, 1.807) is 16.5 Å². The van der Waals surface area contributed by atoms with Gasteiger partial charge in [0.15, 0.2) is 5.13 Å². The summed E-state index contributed by atoms with van der Waals surface area (Å²) in [5.41, 5.74) is 2.15. The van der Waals surface area contributed by atoms with E-state index in [0.29, 0.717) is 30.5 Å². The highest BCUT2D eigenvalue weighted by atomic mass is 32.1. The Morgan fingerprint density at radius 2 is 1.97 bits per heavy atom. The molecule has 3 aromatic rings. The Morgan fingerprint density at radius 1 is 1.13 bits per heavy atom. The number of anilines is 2. The normalized spacial score (nSPS) is 16.1. The number of amides is 2. The van der Waals surface area contributed by atoms with Gasteiger partial charge in [0.05, 0.1) is 18.2 Å². The molecule has 1 saturated heterocycles. The third-order valence-corrected chi connectivity index (χ3v) is 5.76. The summed E-state index contributed by atoms with van der Waals surface area (Å²) in [6.07, 6.45) is 3.28. The average molecular weight is 422 g/mol. The topological polar surface area (TPSA) is 87.2 Å². The van der Waals surface area contributed by atoms with Gasteiger partial charge in [0.25, 0.3) is 5.91 Å². The molecule has 1 aliphatic heterocycles. The summed E-state index contributed by atoms with van der Waals surface area (Å²) in [5, 5.41) is 8.58. The van der Waals surface area contributed by atoms with Crippen LogP contribution in [0.5, 0.6) is 0 Å². The van der Waals surface area contributed by atoms with Crippen LogP contribution in [0.3, 0.4) is 0 Å². The number of likely N-dealkylation sites (tertiary alicyclic amines) is 1. The molecule has 0 saturated carbocycles. The predicted octanol–water partition coefficient (Wildman–Crippen LogP) is 3.45. The number of hydrogen-bond acceptors (Lipinski definition) is 6. The second-order valence-corrected chi connectivity index (χ2v) is 8.02. The summed E-state index contributed by atoms with van der Waals surface area (Å²) < 4.78 is 0. The minimum absolute atomic E-state index is 0.0390. The summed E-state index contributed by atoms with van der Waals surface area (Å²) in [6, 6.07) is 15.3. The van der Waals surface area contributed by atoms with Crippen LogP contribution in [0.2, 0.25) is 0 Å². The van der Waals surface area contributed by atoms with Crippen molar-refractivity contribution in [2.45, 2.75) is 19.4 Å². The van der Waals surface area contributed by atoms with Crippen molar-refractivity contribution in [1.82, 2.24) is 20.2 Å². The van der Waals surface area contributed by atoms with E-state index in [4.69, 9.17) is 0 Å². The van der Waals surface area contributed by atoms with Crippen LogP contribution in [-0.4, -0.2) is 39.8 Å². The first-order valence-corrected chi connectivity index (χ1v) is 10.8. The van der Waals surface area contributed by atoms with Crippen LogP contribution < -0.4 is 10.6 Å². The number of benzene rings is 1. The number of piperidine rings is 1. The number of nitrogens with one attached hydrogen (secondary N) is 2. The van der Waals surface area contributed by atoms with Crippen LogP contribution in [0.15, 0.2) is 60.1 Å². The molecule has 2 amide bonds. The Bertz CT molecular complexity index is 993. The van der Waals surface area contributed by atoms with Crippen LogP contribution in [0, 0.1) is 5.92 Å². The molecule has 1 aromatic carbocycles. The van der Waals surface area contributed by atoms with Crippen molar-refractivity contribution >= 4 is 34.0 Å². The van der Waals surface area contributed by atoms with Crippen molar-refractivity contribution in [3.05, 3.63) is 71.5 Å². The van der Waals surface area contributed by atoms with Gasteiger partial charge < -0.3 is 15.5 Å². The van der Waals surface area contributed by atoms with Crippen molar-refractivity contribution in [2.75, 3.05) is 18.4 Å². The van der Waals surface area contributed by atoms with Gasteiger partial charge in [-0.15, -0.1) is 11.3 Å². The molecule has 0 bridgehead atoms. The highest BCUT2D eigenvalue weighted by molar-refractivity contribution is 7.14. The highest BCUT2D eigenvalue weighted by Gasteiger charge is 2.29. The Labute approximate surface area is 179 Å². The number of carbonyl (C=O) groups is 2. The maximum Gasteiger partial charge on any atom is 0.273 e. The third-order valence-electron chi connectivity index (χ3n) is 5.00. The van der Waals surface area contributed by atoms with Gasteiger partial charge in [-0.2, -0.15) is 0 Å². The number of hydrogen-bond donors (Lipinski definition) is 2. The summed E-state index contributed by atoms with van der Waals surface area (Å²) >= 11 is 1.39. The minimum Gasteiger partial charge on any atom is -0.350 e. The van der Waals surface area contributed by atoms with Gasteiger partial charge in [0.1, 0.15) is 5.69 Å². The maximum atomic E-state index is 12.9. The lowest BCUT2D eigenvalue weighted by Crippen LogP contribution is -2.45. The van der Waals surface area contributed by atoms with Crippen molar-refractivity contribution < 1.29 is 9.59 Å². The zero-order chi connectivity index (χ0) is 20.8. The molecule has 0 aliphatic carbocycles. The molecule has 30 heavy (non-hydrogen) atoms. The summed E-state index contributed by atoms with van der Waals surface area (Å²) in [6.45, 7) is 1.44. The Morgan fingerprint density at radius 3 is 2.77 bits per heavy atom. The molecule has 8 heteroatoms. The highest BCUT2D eigenvalue weighted by Crippen LogP contribution is 2.23. The molecular formula is C22H23N5O2S. The first kappa shape index (κ1) is 20.0. The van der Waals surface area contributed by atoms with Crippen molar-refractivity contribution in [1.29, 1.82) is 0 Å². The van der Waals surface area contributed by atoms with Gasteiger partial charge in [-0.05, 0) is 37.1 Å². The summed E-state index contributed by atoms with van der Waals surface area (Å²) in [5.74, 6) is -0.385. The molecule has 4 rings (SSSR count). The standard InChI is InChI=1S/C22H23N5O2S/c28-20(24-13-18-10-4-5-11-23-18)16-7-6-12-27(14-16)21(29)19-15-30-22(26-19)25-17-8-2-1-3-9-17/h1-5,8-11,15-16H,6-7,12-14H2,(H,24,28)(H,25,26)/t16-/m0/s1. The first-order chi connectivity index (χ1) is 14.7. The van der Waals surface area contributed by atoms with E-state index in [0.717, 1.165) is 24.2 Å². The van der Waals surface area contributed by atoms with Crippen LogP contribution in [0.1, 0.15) is 29.0 Å². The summed E-state index contributed by atoms with van der Waals surface area (Å²) in [7, 11) is 0. The van der Waals surface area contributed by atoms with Gasteiger partial charge in [0, 0.05) is 30.4 Å². The number of aromatic nitrogens is 2. The number of pyridine rings is 1. The Hall–Kier alpha value is -3.26. The second-order valence-electron chi connectivity index (χ2n) is 7.16. The third kappa shape index (κ3) is 5.01. The van der Waals surface area contributed by atoms with Crippen LogP contribution in [0.25, 0.3) is 0 Å². The minimum atomic E-state index is -0.216. The van der Waals surface area contributed by atoms with E-state index in [2.05, 4.69) is 20.6 Å². The van der Waals surface area contributed by atoms with E-state index in [1.165, 1.54) is 11.3 Å². The Balaban J connectivity index is 1.33. The molecule has 0 radical (unpaired) electrons. The number of nitrogens with zero attached hydrogens (tertiary/aromatic N) is 3. The quantitative estimate of drug-likeness (QED) is 0.637. The second kappa shape index (κ2) is 9.49. The van der Waals surface area contributed by atoms with Crippen molar-refractivity contribution in [3.63, 3.8) is 0 Å². The molecule has 1 fully saturated rings. The lowest BCUT2D eigenvalue weighted by atomic mass is 9.97. The molecular weight excluding hydrogens is 398 g/mol. The fourth-order valence-electron chi connectivity index (χ4n) is 3.44. The van der Waals surface area contributed by atoms with E-state index in [9.17, 15) is 9.59 Å². The number of para-hydroxylation sites is 1. The van der Waals surface area contributed by atoms with Gasteiger partial charge >= 0.3 is 0 Å². The zero-order valence-electron chi connectivity index (χ0n) is 16.5. The molecule has 1 aliphatic rings. The van der Waals surface area contributed by atoms with E-state index in [-0.39, 0.29) is 17.7 Å².